The second-order valence-electron chi connectivity index (χ2n) is 3.96. The number of rotatable bonds is 1. The summed E-state index contributed by atoms with van der Waals surface area (Å²) in [5.41, 5.74) is 4.88. The fourth-order valence-corrected chi connectivity index (χ4v) is 2.13. The molecule has 0 aliphatic heterocycles. The summed E-state index contributed by atoms with van der Waals surface area (Å²) in [6, 6.07) is 4.23. The van der Waals surface area contributed by atoms with Gasteiger partial charge in [0.1, 0.15) is 0 Å². The van der Waals surface area contributed by atoms with E-state index in [1.807, 2.05) is 24.4 Å². The molecule has 0 radical (unpaired) electrons. The van der Waals surface area contributed by atoms with E-state index < -0.39 is 0 Å². The highest BCUT2D eigenvalue weighted by Crippen LogP contribution is 2.23. The average molecular weight is 247 g/mol. The lowest BCUT2D eigenvalue weighted by molar-refractivity contribution is 1.21. The summed E-state index contributed by atoms with van der Waals surface area (Å²) in [6.45, 7) is 6.31. The van der Waals surface area contributed by atoms with Crippen molar-refractivity contribution in [2.45, 2.75) is 20.8 Å². The van der Waals surface area contributed by atoms with E-state index in [9.17, 15) is 0 Å². The molecule has 3 nitrogen and oxygen atoms in total. The van der Waals surface area contributed by atoms with E-state index in [1.54, 1.807) is 0 Å². The van der Waals surface area contributed by atoms with Crippen LogP contribution in [0.25, 0.3) is 0 Å². The van der Waals surface area contributed by atoms with Crippen LogP contribution in [0, 0.1) is 32.2 Å². The van der Waals surface area contributed by atoms with Crippen LogP contribution in [0.15, 0.2) is 17.1 Å². The molecule has 0 amide bonds. The fourth-order valence-electron chi connectivity index (χ4n) is 1.62. The molecule has 0 spiro atoms. The summed E-state index contributed by atoms with van der Waals surface area (Å²) in [7, 11) is 1.93. The predicted octanol–water partition coefficient (Wildman–Crippen LogP) is 3.25. The lowest BCUT2D eigenvalue weighted by Gasteiger charge is -2.21. The third kappa shape index (κ3) is 3.01. The highest BCUT2D eigenvalue weighted by atomic mass is 32.2. The van der Waals surface area contributed by atoms with Gasteiger partial charge in [-0.25, -0.2) is 0 Å². The van der Waals surface area contributed by atoms with Crippen molar-refractivity contribution >= 4 is 22.6 Å². The molecule has 0 saturated heterocycles. The third-order valence-electron chi connectivity index (χ3n) is 2.91. The quantitative estimate of drug-likeness (QED) is 0.434. The summed E-state index contributed by atoms with van der Waals surface area (Å²) in [6.07, 6.45) is 3.75. The first-order valence-corrected chi connectivity index (χ1v) is 6.56. The van der Waals surface area contributed by atoms with Crippen LogP contribution in [-0.4, -0.2) is 18.5 Å². The van der Waals surface area contributed by atoms with Crippen LogP contribution in [0.2, 0.25) is 0 Å². The molecule has 0 unspecified atom stereocenters. The molecule has 0 heterocycles. The molecule has 90 valence electrons. The van der Waals surface area contributed by atoms with Crippen LogP contribution in [-0.2, 0) is 0 Å². The number of hydrogen-bond acceptors (Lipinski definition) is 3. The number of amidine groups is 1. The maximum atomic E-state index is 8.64. The van der Waals surface area contributed by atoms with Gasteiger partial charge in [0.25, 0.3) is 0 Å². The zero-order valence-corrected chi connectivity index (χ0v) is 11.7. The van der Waals surface area contributed by atoms with Crippen LogP contribution in [0.3, 0.4) is 0 Å². The summed E-state index contributed by atoms with van der Waals surface area (Å²) >= 11 is 1.47. The van der Waals surface area contributed by atoms with Crippen LogP contribution < -0.4 is 4.90 Å². The number of hydrogen-bond donors (Lipinski definition) is 0. The Balaban J connectivity index is 3.18. The summed E-state index contributed by atoms with van der Waals surface area (Å²) in [5.74, 6) is 0. The van der Waals surface area contributed by atoms with Gasteiger partial charge in [-0.05, 0) is 55.9 Å². The topological polar surface area (TPSA) is 39.4 Å². The Morgan fingerprint density at radius 1 is 1.29 bits per heavy atom. The van der Waals surface area contributed by atoms with Crippen LogP contribution in [0.1, 0.15) is 16.7 Å². The number of benzene rings is 1. The van der Waals surface area contributed by atoms with E-state index in [0.29, 0.717) is 5.17 Å². The molecule has 0 aliphatic carbocycles. The maximum Gasteiger partial charge on any atom is 0.208 e. The van der Waals surface area contributed by atoms with E-state index in [-0.39, 0.29) is 0 Å². The first-order chi connectivity index (χ1) is 8.01. The van der Waals surface area contributed by atoms with Crippen molar-refractivity contribution in [3.8, 4) is 6.19 Å². The molecule has 0 bridgehead atoms. The molecule has 0 atom stereocenters. The Morgan fingerprint density at radius 3 is 2.24 bits per heavy atom. The highest BCUT2D eigenvalue weighted by molar-refractivity contribution is 8.13. The van der Waals surface area contributed by atoms with Gasteiger partial charge in [0.05, 0.1) is 0 Å². The summed E-state index contributed by atoms with van der Waals surface area (Å²) < 4.78 is 0. The van der Waals surface area contributed by atoms with Crippen molar-refractivity contribution < 1.29 is 0 Å². The molecule has 4 heteroatoms. The second-order valence-corrected chi connectivity index (χ2v) is 4.74. The minimum atomic E-state index is 0.704. The lowest BCUT2D eigenvalue weighted by Crippen LogP contribution is -2.23. The SMILES string of the molecule is CSC(=NC#N)N(C)c1cc(C)c(C)c(C)c1. The van der Waals surface area contributed by atoms with Gasteiger partial charge in [-0.3, -0.25) is 0 Å². The number of aryl methyl sites for hydroxylation is 2. The minimum Gasteiger partial charge on any atom is -0.323 e. The fraction of sp³-hybridized carbons (Fsp3) is 0.385. The van der Waals surface area contributed by atoms with E-state index >= 15 is 0 Å². The van der Waals surface area contributed by atoms with Crippen molar-refractivity contribution in [1.82, 2.24) is 0 Å². The summed E-state index contributed by atoms with van der Waals surface area (Å²) in [4.78, 5) is 5.75. The lowest BCUT2D eigenvalue weighted by atomic mass is 10.0. The molecule has 17 heavy (non-hydrogen) atoms. The molecular formula is C13H17N3S. The molecule has 0 N–H and O–H groups in total. The van der Waals surface area contributed by atoms with Crippen molar-refractivity contribution in [3.63, 3.8) is 0 Å². The van der Waals surface area contributed by atoms with Gasteiger partial charge >= 0.3 is 0 Å². The molecule has 1 aromatic carbocycles. The molecule has 0 fully saturated rings. The van der Waals surface area contributed by atoms with Crippen LogP contribution >= 0.6 is 11.8 Å². The number of aliphatic imine (C=N–C) groups is 1. The Kier molecular flexibility index (Phi) is 4.59. The van der Waals surface area contributed by atoms with Gasteiger partial charge in [-0.1, -0.05) is 11.8 Å². The monoisotopic (exact) mass is 247 g/mol. The van der Waals surface area contributed by atoms with Crippen LogP contribution in [0.5, 0.6) is 0 Å². The summed E-state index contributed by atoms with van der Waals surface area (Å²) in [5, 5.41) is 9.34. The Morgan fingerprint density at radius 2 is 1.82 bits per heavy atom. The van der Waals surface area contributed by atoms with Crippen molar-refractivity contribution in [2.75, 3.05) is 18.2 Å². The van der Waals surface area contributed by atoms with E-state index in [0.717, 1.165) is 5.69 Å². The number of nitriles is 1. The normalized spacial score (nSPS) is 11.2. The Labute approximate surface area is 107 Å². The van der Waals surface area contributed by atoms with Gasteiger partial charge in [0.2, 0.25) is 6.19 Å². The van der Waals surface area contributed by atoms with Crippen molar-refractivity contribution in [3.05, 3.63) is 28.8 Å². The molecule has 1 aromatic rings. The smallest absolute Gasteiger partial charge is 0.208 e. The largest absolute Gasteiger partial charge is 0.323 e. The molecule has 0 saturated carbocycles. The van der Waals surface area contributed by atoms with Crippen molar-refractivity contribution in [1.29, 1.82) is 5.26 Å². The molecule has 0 aliphatic rings. The zero-order chi connectivity index (χ0) is 13.0. The highest BCUT2D eigenvalue weighted by Gasteiger charge is 2.10. The number of thioether (sulfide) groups is 1. The van der Waals surface area contributed by atoms with Gasteiger partial charge in [-0.2, -0.15) is 5.26 Å². The van der Waals surface area contributed by atoms with E-state index in [4.69, 9.17) is 5.26 Å². The minimum absolute atomic E-state index is 0.704. The molecule has 0 aromatic heterocycles. The van der Waals surface area contributed by atoms with Gasteiger partial charge in [-0.15, -0.1) is 4.99 Å². The predicted molar refractivity (Wildman–Crippen MR) is 75.6 cm³/mol. The first-order valence-electron chi connectivity index (χ1n) is 5.33. The molecular weight excluding hydrogens is 230 g/mol. The Bertz CT molecular complexity index is 463. The average Bonchev–Trinajstić information content (AvgIpc) is 2.31. The first kappa shape index (κ1) is 13.6. The van der Waals surface area contributed by atoms with Crippen molar-refractivity contribution in [2.24, 2.45) is 4.99 Å². The van der Waals surface area contributed by atoms with Gasteiger partial charge in [0, 0.05) is 12.7 Å². The third-order valence-corrected chi connectivity index (χ3v) is 3.64. The van der Waals surface area contributed by atoms with E-state index in [1.165, 1.54) is 28.5 Å². The molecule has 1 rings (SSSR count). The zero-order valence-electron chi connectivity index (χ0n) is 10.9. The van der Waals surface area contributed by atoms with Gasteiger partial charge < -0.3 is 4.90 Å². The van der Waals surface area contributed by atoms with E-state index in [2.05, 4.69) is 37.9 Å². The maximum absolute atomic E-state index is 8.64. The number of anilines is 1. The standard InChI is InChI=1S/C13H17N3S/c1-9-6-12(7-10(2)11(9)3)16(4)13(17-5)15-8-14/h6-7H,1-5H3. The number of nitrogens with zero attached hydrogens (tertiary/aromatic N) is 3. The Hall–Kier alpha value is -1.47. The van der Waals surface area contributed by atoms with Gasteiger partial charge in [0.15, 0.2) is 5.17 Å². The van der Waals surface area contributed by atoms with Crippen LogP contribution in [0.4, 0.5) is 5.69 Å². The second kappa shape index (κ2) is 5.74.